The van der Waals surface area contributed by atoms with Gasteiger partial charge >= 0.3 is 0 Å². The number of hydrogen-bond acceptors (Lipinski definition) is 4. The molecule has 0 aliphatic heterocycles. The highest BCUT2D eigenvalue weighted by Gasteiger charge is 2.08. The molecule has 0 radical (unpaired) electrons. The predicted octanol–water partition coefficient (Wildman–Crippen LogP) is 2.73. The van der Waals surface area contributed by atoms with E-state index in [4.69, 9.17) is 10.5 Å². The molecule has 1 heterocycles. The van der Waals surface area contributed by atoms with Crippen LogP contribution in [-0.2, 0) is 0 Å². The zero-order valence-electron chi connectivity index (χ0n) is 11.0. The van der Waals surface area contributed by atoms with Crippen molar-refractivity contribution in [1.29, 1.82) is 0 Å². The third kappa shape index (κ3) is 2.33. The van der Waals surface area contributed by atoms with Crippen LogP contribution in [0.2, 0.25) is 0 Å². The molecule has 3 rings (SSSR count). The Morgan fingerprint density at radius 3 is 2.65 bits per heavy atom. The Balaban J connectivity index is 1.97. The van der Waals surface area contributed by atoms with E-state index in [0.717, 1.165) is 16.9 Å². The van der Waals surface area contributed by atoms with Crippen LogP contribution in [0.25, 0.3) is 22.8 Å². The van der Waals surface area contributed by atoms with Gasteiger partial charge in [0.2, 0.25) is 0 Å². The van der Waals surface area contributed by atoms with Crippen LogP contribution in [0.5, 0.6) is 5.75 Å². The van der Waals surface area contributed by atoms with Gasteiger partial charge in [0.05, 0.1) is 7.11 Å². The van der Waals surface area contributed by atoms with E-state index in [9.17, 15) is 0 Å². The van der Waals surface area contributed by atoms with Crippen molar-refractivity contribution in [2.45, 2.75) is 0 Å². The molecule has 1 aromatic heterocycles. The predicted molar refractivity (Wildman–Crippen MR) is 78.2 cm³/mol. The Kier molecular flexibility index (Phi) is 3.09. The van der Waals surface area contributed by atoms with Crippen LogP contribution in [0.4, 0.5) is 5.69 Å². The molecular weight excluding hydrogens is 252 g/mol. The second kappa shape index (κ2) is 5.05. The first-order chi connectivity index (χ1) is 9.76. The molecule has 0 amide bonds. The fraction of sp³-hybridized carbons (Fsp3) is 0.0667. The van der Waals surface area contributed by atoms with E-state index in [-0.39, 0.29) is 0 Å². The molecule has 20 heavy (non-hydrogen) atoms. The van der Waals surface area contributed by atoms with Gasteiger partial charge in [-0.1, -0.05) is 24.3 Å². The van der Waals surface area contributed by atoms with Crippen molar-refractivity contribution in [3.05, 3.63) is 48.5 Å². The molecule has 0 unspecified atom stereocenters. The average Bonchev–Trinajstić information content (AvgIpc) is 2.97. The fourth-order valence-electron chi connectivity index (χ4n) is 1.97. The van der Waals surface area contributed by atoms with Gasteiger partial charge in [0.25, 0.3) is 0 Å². The summed E-state index contributed by atoms with van der Waals surface area (Å²) >= 11 is 0. The summed E-state index contributed by atoms with van der Waals surface area (Å²) in [7, 11) is 1.64. The Hall–Kier alpha value is -2.82. The molecule has 0 saturated carbocycles. The van der Waals surface area contributed by atoms with Gasteiger partial charge in [-0.05, 0) is 24.3 Å². The Labute approximate surface area is 116 Å². The molecule has 0 aliphatic carbocycles. The summed E-state index contributed by atoms with van der Waals surface area (Å²) < 4.78 is 5.20. The number of nitrogens with one attached hydrogen (secondary N) is 1. The molecule has 0 spiro atoms. The number of H-pyrrole nitrogens is 1. The summed E-state index contributed by atoms with van der Waals surface area (Å²) in [5.41, 5.74) is 8.27. The second-order valence-electron chi connectivity index (χ2n) is 4.37. The number of ether oxygens (including phenoxy) is 1. The zero-order chi connectivity index (χ0) is 13.9. The van der Waals surface area contributed by atoms with E-state index < -0.39 is 0 Å². The largest absolute Gasteiger partial charge is 0.497 e. The van der Waals surface area contributed by atoms with Gasteiger partial charge < -0.3 is 10.5 Å². The van der Waals surface area contributed by atoms with E-state index in [0.29, 0.717) is 17.3 Å². The number of aromatic amines is 1. The number of rotatable bonds is 3. The monoisotopic (exact) mass is 266 g/mol. The van der Waals surface area contributed by atoms with Gasteiger partial charge in [0.1, 0.15) is 5.75 Å². The maximum Gasteiger partial charge on any atom is 0.181 e. The van der Waals surface area contributed by atoms with Crippen molar-refractivity contribution in [1.82, 2.24) is 15.2 Å². The highest BCUT2D eigenvalue weighted by atomic mass is 16.5. The number of hydrogen-bond donors (Lipinski definition) is 2. The molecule has 0 fully saturated rings. The number of aromatic nitrogens is 3. The smallest absolute Gasteiger partial charge is 0.181 e. The molecule has 100 valence electrons. The topological polar surface area (TPSA) is 76.8 Å². The molecule has 0 atom stereocenters. The number of methoxy groups -OCH3 is 1. The summed E-state index contributed by atoms with van der Waals surface area (Å²) in [6.07, 6.45) is 0. The van der Waals surface area contributed by atoms with E-state index in [1.54, 1.807) is 7.11 Å². The SMILES string of the molecule is COc1cccc(-c2nc(-c3cccc(N)c3)n[nH]2)c1. The minimum Gasteiger partial charge on any atom is -0.497 e. The lowest BCUT2D eigenvalue weighted by Crippen LogP contribution is -1.86. The van der Waals surface area contributed by atoms with Gasteiger partial charge in [0, 0.05) is 16.8 Å². The van der Waals surface area contributed by atoms with Crippen molar-refractivity contribution >= 4 is 5.69 Å². The molecule has 0 bridgehead atoms. The maximum atomic E-state index is 5.77. The second-order valence-corrected chi connectivity index (χ2v) is 4.37. The van der Waals surface area contributed by atoms with E-state index >= 15 is 0 Å². The zero-order valence-corrected chi connectivity index (χ0v) is 11.0. The summed E-state index contributed by atoms with van der Waals surface area (Å²) in [6, 6.07) is 15.1. The van der Waals surface area contributed by atoms with Crippen LogP contribution in [0.3, 0.4) is 0 Å². The molecule has 5 nitrogen and oxygen atoms in total. The quantitative estimate of drug-likeness (QED) is 0.715. The summed E-state index contributed by atoms with van der Waals surface area (Å²) in [4.78, 5) is 4.49. The third-order valence-corrected chi connectivity index (χ3v) is 2.97. The first-order valence-electron chi connectivity index (χ1n) is 6.19. The van der Waals surface area contributed by atoms with Crippen LogP contribution in [0, 0.1) is 0 Å². The first kappa shape index (κ1) is 12.2. The maximum absolute atomic E-state index is 5.77. The number of anilines is 1. The molecule has 5 heteroatoms. The van der Waals surface area contributed by atoms with Gasteiger partial charge in [-0.15, -0.1) is 0 Å². The molecule has 3 aromatic rings. The third-order valence-electron chi connectivity index (χ3n) is 2.97. The minimum absolute atomic E-state index is 0.620. The standard InChI is InChI=1S/C15H14N4O/c1-20-13-7-3-5-11(9-13)15-17-14(18-19-15)10-4-2-6-12(16)8-10/h2-9H,16H2,1H3,(H,17,18,19). The summed E-state index contributed by atoms with van der Waals surface area (Å²) in [6.45, 7) is 0. The number of nitrogens with two attached hydrogens (primary N) is 1. The average molecular weight is 266 g/mol. The summed E-state index contributed by atoms with van der Waals surface area (Å²) in [5.74, 6) is 2.10. The van der Waals surface area contributed by atoms with Gasteiger partial charge in [0.15, 0.2) is 11.6 Å². The number of nitrogens with zero attached hydrogens (tertiary/aromatic N) is 2. The highest BCUT2D eigenvalue weighted by Crippen LogP contribution is 2.23. The summed E-state index contributed by atoms with van der Waals surface area (Å²) in [5, 5.41) is 7.16. The van der Waals surface area contributed by atoms with Crippen LogP contribution >= 0.6 is 0 Å². The molecule has 2 aromatic carbocycles. The van der Waals surface area contributed by atoms with Crippen molar-refractivity contribution < 1.29 is 4.74 Å². The van der Waals surface area contributed by atoms with Crippen molar-refractivity contribution in [3.63, 3.8) is 0 Å². The van der Waals surface area contributed by atoms with Gasteiger partial charge in [-0.3, -0.25) is 5.10 Å². The highest BCUT2D eigenvalue weighted by molar-refractivity contribution is 5.64. The van der Waals surface area contributed by atoms with E-state index in [1.165, 1.54) is 0 Å². The Bertz CT molecular complexity index is 736. The van der Waals surface area contributed by atoms with Crippen LogP contribution in [-0.4, -0.2) is 22.3 Å². The first-order valence-corrected chi connectivity index (χ1v) is 6.19. The lowest BCUT2D eigenvalue weighted by Gasteiger charge is -2.00. The number of benzene rings is 2. The minimum atomic E-state index is 0.620. The van der Waals surface area contributed by atoms with Crippen molar-refractivity contribution in [2.75, 3.05) is 12.8 Å². The van der Waals surface area contributed by atoms with Crippen LogP contribution in [0.1, 0.15) is 0 Å². The normalized spacial score (nSPS) is 10.4. The molecule has 3 N–H and O–H groups in total. The molecule has 0 aliphatic rings. The van der Waals surface area contributed by atoms with Crippen molar-refractivity contribution in [3.8, 4) is 28.5 Å². The van der Waals surface area contributed by atoms with Crippen molar-refractivity contribution in [2.24, 2.45) is 0 Å². The Morgan fingerprint density at radius 1 is 1.05 bits per heavy atom. The van der Waals surface area contributed by atoms with Crippen LogP contribution in [0.15, 0.2) is 48.5 Å². The number of nitrogen functional groups attached to an aromatic ring is 1. The van der Waals surface area contributed by atoms with Gasteiger partial charge in [-0.2, -0.15) is 5.10 Å². The van der Waals surface area contributed by atoms with Crippen LogP contribution < -0.4 is 10.5 Å². The van der Waals surface area contributed by atoms with E-state index in [2.05, 4.69) is 15.2 Å². The Morgan fingerprint density at radius 2 is 1.85 bits per heavy atom. The van der Waals surface area contributed by atoms with Gasteiger partial charge in [-0.25, -0.2) is 4.98 Å². The lowest BCUT2D eigenvalue weighted by atomic mass is 10.2. The fourth-order valence-corrected chi connectivity index (χ4v) is 1.97. The van der Waals surface area contributed by atoms with E-state index in [1.807, 2.05) is 48.5 Å². The lowest BCUT2D eigenvalue weighted by molar-refractivity contribution is 0.415. The molecule has 0 saturated heterocycles. The molecular formula is C15H14N4O.